The first-order valence-electron chi connectivity index (χ1n) is 11.1. The van der Waals surface area contributed by atoms with Gasteiger partial charge in [-0.3, -0.25) is 4.40 Å². The van der Waals surface area contributed by atoms with Gasteiger partial charge in [-0.15, -0.1) is 10.2 Å². The van der Waals surface area contributed by atoms with Crippen LogP contribution in [0.2, 0.25) is 0 Å². The third kappa shape index (κ3) is 3.85. The maximum Gasteiger partial charge on any atom is 0.404 e. The number of fused-ring (bicyclic) bond motifs is 4. The third-order valence-electron chi connectivity index (χ3n) is 6.27. The second kappa shape index (κ2) is 8.18. The number of alkyl halides is 3. The number of hydrogen-bond donors (Lipinski definition) is 0. The maximum absolute atomic E-state index is 15.1. The summed E-state index contributed by atoms with van der Waals surface area (Å²) in [5, 5.41) is 7.79. The summed E-state index contributed by atoms with van der Waals surface area (Å²) in [5.74, 6) is 3.41. The van der Waals surface area contributed by atoms with Crippen LogP contribution < -0.4 is 4.90 Å². The number of hydrogen-bond acceptors (Lipinski definition) is 4. The summed E-state index contributed by atoms with van der Waals surface area (Å²) in [6.45, 7) is 2.52. The molecule has 0 saturated heterocycles. The predicted octanol–water partition coefficient (Wildman–Crippen LogP) is 5.97. The van der Waals surface area contributed by atoms with Crippen molar-refractivity contribution >= 4 is 28.2 Å². The molecule has 0 atom stereocenters. The zero-order valence-corrected chi connectivity index (χ0v) is 18.9. The number of halogens is 5. The van der Waals surface area contributed by atoms with Gasteiger partial charge < -0.3 is 4.90 Å². The molecule has 0 fully saturated rings. The van der Waals surface area contributed by atoms with Crippen LogP contribution in [0.1, 0.15) is 37.8 Å². The quantitative estimate of drug-likeness (QED) is 0.246. The molecule has 0 amide bonds. The normalized spacial score (nSPS) is 14.5. The monoisotopic (exact) mass is 485 g/mol. The molecule has 35 heavy (non-hydrogen) atoms. The van der Waals surface area contributed by atoms with E-state index in [4.69, 9.17) is 0 Å². The van der Waals surface area contributed by atoms with Gasteiger partial charge in [-0.05, 0) is 62.9 Å². The molecule has 180 valence electrons. The molecule has 1 aliphatic rings. The van der Waals surface area contributed by atoms with Crippen LogP contribution in [0.4, 0.5) is 33.5 Å². The number of anilines is 2. The van der Waals surface area contributed by atoms with E-state index in [2.05, 4.69) is 27.0 Å². The molecule has 5 rings (SSSR count). The highest BCUT2D eigenvalue weighted by atomic mass is 19.4. The van der Waals surface area contributed by atoms with Gasteiger partial charge in [0.2, 0.25) is 0 Å². The van der Waals surface area contributed by atoms with Crippen molar-refractivity contribution in [3.05, 3.63) is 59.4 Å². The van der Waals surface area contributed by atoms with E-state index in [1.54, 1.807) is 23.1 Å². The smallest absolute Gasteiger partial charge is 0.325 e. The van der Waals surface area contributed by atoms with Crippen LogP contribution in [0.15, 0.2) is 36.7 Å². The highest BCUT2D eigenvalue weighted by molar-refractivity contribution is 5.94. The summed E-state index contributed by atoms with van der Waals surface area (Å²) in [6.07, 6.45) is -1.08. The summed E-state index contributed by atoms with van der Waals surface area (Å²) in [6, 6.07) is 7.63. The van der Waals surface area contributed by atoms with Crippen LogP contribution in [0.3, 0.4) is 0 Å². The van der Waals surface area contributed by atoms with Crippen molar-refractivity contribution < 1.29 is 22.0 Å². The topological polar surface area (TPSA) is 46.3 Å². The van der Waals surface area contributed by atoms with Crippen molar-refractivity contribution in [2.24, 2.45) is 5.41 Å². The fourth-order valence-electron chi connectivity index (χ4n) is 4.19. The molecule has 10 heteroatoms. The van der Waals surface area contributed by atoms with Crippen LogP contribution in [-0.4, -0.2) is 32.3 Å². The lowest BCUT2D eigenvalue weighted by Gasteiger charge is -2.26. The van der Waals surface area contributed by atoms with E-state index in [0.29, 0.717) is 36.2 Å². The van der Waals surface area contributed by atoms with Gasteiger partial charge in [0, 0.05) is 17.8 Å². The van der Waals surface area contributed by atoms with Gasteiger partial charge in [-0.2, -0.15) is 18.2 Å². The van der Waals surface area contributed by atoms with Crippen molar-refractivity contribution in [1.82, 2.24) is 19.6 Å². The van der Waals surface area contributed by atoms with Crippen molar-refractivity contribution in [2.45, 2.75) is 39.3 Å². The van der Waals surface area contributed by atoms with Gasteiger partial charge in [-0.25, -0.2) is 8.78 Å². The first kappa shape index (κ1) is 23.0. The minimum atomic E-state index is -4.48. The molecule has 3 heterocycles. The molecule has 0 radical (unpaired) electrons. The molecule has 2 aromatic carbocycles. The Kier molecular flexibility index (Phi) is 5.38. The molecule has 0 saturated carbocycles. The Bertz CT molecular complexity index is 1510. The van der Waals surface area contributed by atoms with E-state index in [1.165, 1.54) is 16.8 Å². The van der Waals surface area contributed by atoms with E-state index in [0.717, 1.165) is 31.9 Å². The Morgan fingerprint density at radius 2 is 1.83 bits per heavy atom. The van der Waals surface area contributed by atoms with Gasteiger partial charge in [0.15, 0.2) is 11.6 Å². The minimum Gasteiger partial charge on any atom is -0.325 e. The lowest BCUT2D eigenvalue weighted by Crippen LogP contribution is -2.30. The average molecular weight is 485 g/mol. The number of benzene rings is 2. The van der Waals surface area contributed by atoms with Gasteiger partial charge in [0.1, 0.15) is 17.6 Å². The highest BCUT2D eigenvalue weighted by Crippen LogP contribution is 2.39. The number of rotatable bonds is 1. The molecule has 0 aliphatic carbocycles. The number of aromatic nitrogens is 4. The summed E-state index contributed by atoms with van der Waals surface area (Å²) in [7, 11) is 0. The minimum absolute atomic E-state index is 0.0279. The number of nitrogens with zero attached hydrogens (tertiary/aromatic N) is 5. The molecule has 0 bridgehead atoms. The summed E-state index contributed by atoms with van der Waals surface area (Å²) in [5.41, 5.74) is 0.00916. The molecule has 0 N–H and O–H groups in total. The highest BCUT2D eigenvalue weighted by Gasteiger charge is 2.46. The van der Waals surface area contributed by atoms with Crippen LogP contribution in [0, 0.1) is 28.9 Å². The molecule has 2 aromatic heterocycles. The van der Waals surface area contributed by atoms with E-state index in [-0.39, 0.29) is 17.0 Å². The lowest BCUT2D eigenvalue weighted by atomic mass is 9.92. The Labute approximate surface area is 197 Å². The fraction of sp³-hybridized carbons (Fsp3) is 0.320. The van der Waals surface area contributed by atoms with Crippen molar-refractivity contribution in [3.63, 3.8) is 0 Å². The molecular formula is C25H20F5N5. The van der Waals surface area contributed by atoms with Crippen molar-refractivity contribution in [2.75, 3.05) is 11.4 Å². The summed E-state index contributed by atoms with van der Waals surface area (Å²) >= 11 is 0. The zero-order chi connectivity index (χ0) is 25.0. The maximum atomic E-state index is 15.1. The Morgan fingerprint density at radius 1 is 1.03 bits per heavy atom. The van der Waals surface area contributed by atoms with Gasteiger partial charge >= 0.3 is 6.18 Å². The fourth-order valence-corrected chi connectivity index (χ4v) is 4.19. The van der Waals surface area contributed by atoms with E-state index < -0.39 is 23.2 Å². The SMILES string of the molecule is CC(C)(C#Cc1cccc2c1CCCCN2c1nc2nncn2c2ccc(F)c(F)c12)C(F)(F)F. The van der Waals surface area contributed by atoms with Crippen LogP contribution >= 0.6 is 0 Å². The predicted molar refractivity (Wildman–Crippen MR) is 121 cm³/mol. The van der Waals surface area contributed by atoms with E-state index >= 15 is 4.39 Å². The molecule has 0 unspecified atom stereocenters. The molecule has 1 aliphatic heterocycles. The third-order valence-corrected chi connectivity index (χ3v) is 6.27. The standard InChI is InChI=1S/C25H20F5N5/c1-24(2,25(28,29)30)12-11-15-6-5-8-18-16(15)7-3-4-13-34(18)22-20-19(10-9-17(26)21(20)27)35-14-31-33-23(35)32-22/h5-6,8-10,14H,3-4,7,13H2,1-2H3. The Balaban J connectivity index is 1.73. The van der Waals surface area contributed by atoms with Crippen LogP contribution in [0.25, 0.3) is 16.7 Å². The second-order valence-corrected chi connectivity index (χ2v) is 8.98. The summed E-state index contributed by atoms with van der Waals surface area (Å²) in [4.78, 5) is 6.27. The molecule has 4 aromatic rings. The van der Waals surface area contributed by atoms with E-state index in [9.17, 15) is 17.6 Å². The molecule has 5 nitrogen and oxygen atoms in total. The summed E-state index contributed by atoms with van der Waals surface area (Å²) < 4.78 is 71.0. The van der Waals surface area contributed by atoms with Crippen molar-refractivity contribution in [1.29, 1.82) is 0 Å². The van der Waals surface area contributed by atoms with Gasteiger partial charge in [0.05, 0.1) is 10.9 Å². The molecular weight excluding hydrogens is 465 g/mol. The van der Waals surface area contributed by atoms with Gasteiger partial charge in [-0.1, -0.05) is 17.9 Å². The second-order valence-electron chi connectivity index (χ2n) is 8.98. The largest absolute Gasteiger partial charge is 0.404 e. The molecule has 0 spiro atoms. The first-order chi connectivity index (χ1) is 16.6. The van der Waals surface area contributed by atoms with Gasteiger partial charge in [0.25, 0.3) is 5.78 Å². The van der Waals surface area contributed by atoms with E-state index in [1.807, 2.05) is 0 Å². The Hall–Kier alpha value is -3.74. The van der Waals surface area contributed by atoms with Crippen LogP contribution in [-0.2, 0) is 6.42 Å². The zero-order valence-electron chi connectivity index (χ0n) is 18.9. The first-order valence-corrected chi connectivity index (χ1v) is 11.1. The average Bonchev–Trinajstić information content (AvgIpc) is 3.17. The van der Waals surface area contributed by atoms with Crippen LogP contribution in [0.5, 0.6) is 0 Å². The van der Waals surface area contributed by atoms with Crippen molar-refractivity contribution in [3.8, 4) is 11.8 Å². The lowest BCUT2D eigenvalue weighted by molar-refractivity contribution is -0.190. The Morgan fingerprint density at radius 3 is 2.60 bits per heavy atom.